The van der Waals surface area contributed by atoms with Crippen LogP contribution in [0.1, 0.15) is 29.9 Å². The molecule has 1 amide bonds. The highest BCUT2D eigenvalue weighted by Crippen LogP contribution is 2.17. The minimum absolute atomic E-state index is 0.207. The molecule has 0 aliphatic rings. The van der Waals surface area contributed by atoms with Gasteiger partial charge in [0.2, 0.25) is 0 Å². The average molecular weight is 229 g/mol. The maximum atomic E-state index is 12.8. The first-order valence-electron chi connectivity index (χ1n) is 4.77. The van der Waals surface area contributed by atoms with Gasteiger partial charge in [0.15, 0.2) is 0 Å². The molecule has 0 radical (unpaired) electrons. The molecule has 4 nitrogen and oxygen atoms in total. The van der Waals surface area contributed by atoms with Crippen LogP contribution < -0.4 is 5.32 Å². The van der Waals surface area contributed by atoms with E-state index in [0.29, 0.717) is 5.69 Å². The van der Waals surface area contributed by atoms with E-state index in [1.54, 1.807) is 6.92 Å². The van der Waals surface area contributed by atoms with Crippen molar-refractivity contribution in [2.75, 3.05) is 0 Å². The van der Waals surface area contributed by atoms with E-state index in [9.17, 15) is 13.6 Å². The van der Waals surface area contributed by atoms with E-state index in [1.165, 1.54) is 19.4 Å². The van der Waals surface area contributed by atoms with Gasteiger partial charge in [-0.3, -0.25) is 4.79 Å². The van der Waals surface area contributed by atoms with Crippen LogP contribution in [-0.2, 0) is 0 Å². The molecular weight excluding hydrogens is 216 g/mol. The summed E-state index contributed by atoms with van der Waals surface area (Å²) >= 11 is 0. The second-order valence-electron chi connectivity index (χ2n) is 3.67. The van der Waals surface area contributed by atoms with E-state index < -0.39 is 17.9 Å². The molecule has 1 aromatic rings. The van der Waals surface area contributed by atoms with Crippen LogP contribution >= 0.6 is 0 Å². The lowest BCUT2D eigenvalue weighted by atomic mass is 10.1. The van der Waals surface area contributed by atoms with Crippen LogP contribution in [0.15, 0.2) is 12.5 Å². The van der Waals surface area contributed by atoms with Crippen molar-refractivity contribution in [1.29, 1.82) is 0 Å². The summed E-state index contributed by atoms with van der Waals surface area (Å²) in [5.41, 5.74) is 0.665. The number of alkyl halides is 2. The van der Waals surface area contributed by atoms with Crippen LogP contribution in [0.25, 0.3) is 0 Å². The number of nitrogens with one attached hydrogen (secondary N) is 1. The number of hydrogen-bond acceptors (Lipinski definition) is 3. The van der Waals surface area contributed by atoms with Gasteiger partial charge in [-0.05, 0) is 13.8 Å². The van der Waals surface area contributed by atoms with Crippen molar-refractivity contribution in [3.8, 4) is 0 Å². The fraction of sp³-hybridized carbons (Fsp3) is 0.500. The molecule has 0 fully saturated rings. The third kappa shape index (κ3) is 2.95. The molecule has 0 saturated carbocycles. The highest BCUT2D eigenvalue weighted by Gasteiger charge is 2.31. The molecule has 1 N–H and O–H groups in total. The average Bonchev–Trinajstić information content (AvgIpc) is 2.16. The molecule has 0 unspecified atom stereocenters. The summed E-state index contributed by atoms with van der Waals surface area (Å²) in [5, 5.41) is 2.21. The number of carbonyl (C=O) groups excluding carboxylic acids is 1. The second kappa shape index (κ2) is 4.51. The Labute approximate surface area is 92.1 Å². The number of rotatable bonds is 3. The number of nitrogens with zero attached hydrogens (tertiary/aromatic N) is 2. The SMILES string of the molecule is Cc1ncncc1C(=O)N[C@@H](C)C(C)(F)F. The highest BCUT2D eigenvalue weighted by atomic mass is 19.3. The van der Waals surface area contributed by atoms with Crippen molar-refractivity contribution >= 4 is 5.91 Å². The van der Waals surface area contributed by atoms with Gasteiger partial charge in [-0.1, -0.05) is 0 Å². The normalized spacial score (nSPS) is 13.3. The van der Waals surface area contributed by atoms with Crippen molar-refractivity contribution in [2.24, 2.45) is 0 Å². The molecule has 1 heterocycles. The van der Waals surface area contributed by atoms with Crippen LogP contribution in [0.3, 0.4) is 0 Å². The predicted octanol–water partition coefficient (Wildman–Crippen LogP) is 1.56. The highest BCUT2D eigenvalue weighted by molar-refractivity contribution is 5.95. The Balaban J connectivity index is 2.78. The topological polar surface area (TPSA) is 54.9 Å². The first-order chi connectivity index (χ1) is 7.32. The predicted molar refractivity (Wildman–Crippen MR) is 54.3 cm³/mol. The van der Waals surface area contributed by atoms with E-state index in [0.717, 1.165) is 6.92 Å². The minimum Gasteiger partial charge on any atom is -0.343 e. The smallest absolute Gasteiger partial charge is 0.264 e. The molecule has 0 bridgehead atoms. The van der Waals surface area contributed by atoms with E-state index >= 15 is 0 Å². The van der Waals surface area contributed by atoms with Gasteiger partial charge >= 0.3 is 0 Å². The molecule has 0 saturated heterocycles. The molecule has 1 aromatic heterocycles. The summed E-state index contributed by atoms with van der Waals surface area (Å²) in [5.74, 6) is -3.55. The molecule has 0 aromatic carbocycles. The van der Waals surface area contributed by atoms with Crippen LogP contribution in [0.2, 0.25) is 0 Å². The van der Waals surface area contributed by atoms with Crippen LogP contribution in [-0.4, -0.2) is 27.8 Å². The molecule has 6 heteroatoms. The van der Waals surface area contributed by atoms with Crippen LogP contribution in [0, 0.1) is 6.92 Å². The fourth-order valence-corrected chi connectivity index (χ4v) is 1.01. The third-order valence-corrected chi connectivity index (χ3v) is 2.26. The Morgan fingerprint density at radius 1 is 1.56 bits per heavy atom. The van der Waals surface area contributed by atoms with Crippen LogP contribution in [0.5, 0.6) is 0 Å². The molecule has 1 rings (SSSR count). The van der Waals surface area contributed by atoms with Gasteiger partial charge in [-0.25, -0.2) is 18.7 Å². The Hall–Kier alpha value is -1.59. The molecule has 0 aliphatic heterocycles. The van der Waals surface area contributed by atoms with Gasteiger partial charge < -0.3 is 5.32 Å². The lowest BCUT2D eigenvalue weighted by Gasteiger charge is -2.20. The Kier molecular flexibility index (Phi) is 3.51. The zero-order valence-corrected chi connectivity index (χ0v) is 9.29. The van der Waals surface area contributed by atoms with E-state index in [2.05, 4.69) is 15.3 Å². The van der Waals surface area contributed by atoms with Crippen molar-refractivity contribution in [1.82, 2.24) is 15.3 Å². The van der Waals surface area contributed by atoms with Crippen molar-refractivity contribution in [2.45, 2.75) is 32.7 Å². The van der Waals surface area contributed by atoms with Crippen molar-refractivity contribution < 1.29 is 13.6 Å². The van der Waals surface area contributed by atoms with Gasteiger partial charge in [0, 0.05) is 13.1 Å². The molecular formula is C10H13F2N3O. The lowest BCUT2D eigenvalue weighted by molar-refractivity contribution is -0.0108. The van der Waals surface area contributed by atoms with Crippen molar-refractivity contribution in [3.05, 3.63) is 23.8 Å². The van der Waals surface area contributed by atoms with Gasteiger partial charge in [0.1, 0.15) is 6.33 Å². The number of amides is 1. The minimum atomic E-state index is -2.96. The van der Waals surface area contributed by atoms with Crippen LogP contribution in [0.4, 0.5) is 8.78 Å². The number of aromatic nitrogens is 2. The molecule has 16 heavy (non-hydrogen) atoms. The largest absolute Gasteiger partial charge is 0.343 e. The lowest BCUT2D eigenvalue weighted by Crippen LogP contribution is -2.44. The fourth-order valence-electron chi connectivity index (χ4n) is 1.01. The molecule has 1 atom stereocenters. The summed E-state index contributed by atoms with van der Waals surface area (Å²) in [6, 6.07) is -1.24. The standard InChI is InChI=1S/C10H13F2N3O/c1-6-8(4-13-5-14-6)9(16)15-7(2)10(3,11)12/h4-5,7H,1-3H3,(H,15,16)/t7-/m0/s1. The van der Waals surface area contributed by atoms with Gasteiger partial charge in [-0.15, -0.1) is 0 Å². The first kappa shape index (κ1) is 12.5. The van der Waals surface area contributed by atoms with Crippen molar-refractivity contribution in [3.63, 3.8) is 0 Å². The summed E-state index contributed by atoms with van der Waals surface area (Å²) in [6.45, 7) is 3.62. The molecule has 0 aliphatic carbocycles. The first-order valence-corrected chi connectivity index (χ1v) is 4.77. The number of aryl methyl sites for hydroxylation is 1. The van der Waals surface area contributed by atoms with Gasteiger partial charge in [0.05, 0.1) is 17.3 Å². The summed E-state index contributed by atoms with van der Waals surface area (Å²) in [6.07, 6.45) is 2.60. The number of halogens is 2. The Bertz CT molecular complexity index is 390. The van der Waals surface area contributed by atoms with E-state index in [-0.39, 0.29) is 5.56 Å². The maximum Gasteiger partial charge on any atom is 0.264 e. The second-order valence-corrected chi connectivity index (χ2v) is 3.67. The molecule has 0 spiro atoms. The Morgan fingerprint density at radius 3 is 2.69 bits per heavy atom. The van der Waals surface area contributed by atoms with E-state index in [4.69, 9.17) is 0 Å². The zero-order valence-electron chi connectivity index (χ0n) is 9.29. The zero-order chi connectivity index (χ0) is 12.3. The third-order valence-electron chi connectivity index (χ3n) is 2.26. The quantitative estimate of drug-likeness (QED) is 0.855. The summed E-state index contributed by atoms with van der Waals surface area (Å²) < 4.78 is 25.7. The van der Waals surface area contributed by atoms with Gasteiger partial charge in [-0.2, -0.15) is 0 Å². The number of hydrogen-bond donors (Lipinski definition) is 1. The Morgan fingerprint density at radius 2 is 2.19 bits per heavy atom. The summed E-state index contributed by atoms with van der Waals surface area (Å²) in [7, 11) is 0. The van der Waals surface area contributed by atoms with E-state index in [1.807, 2.05) is 0 Å². The van der Waals surface area contributed by atoms with Gasteiger partial charge in [0.25, 0.3) is 11.8 Å². The molecule has 88 valence electrons. The maximum absolute atomic E-state index is 12.8. The summed E-state index contributed by atoms with van der Waals surface area (Å²) in [4.78, 5) is 19.1. The number of carbonyl (C=O) groups is 1. The monoisotopic (exact) mass is 229 g/mol.